The van der Waals surface area contributed by atoms with E-state index < -0.39 is 17.7 Å². The Kier molecular flexibility index (Phi) is 5.98. The number of ketones is 1. The van der Waals surface area contributed by atoms with Crippen molar-refractivity contribution in [2.75, 3.05) is 26.2 Å². The predicted molar refractivity (Wildman–Crippen MR) is 124 cm³/mol. The molecule has 3 aromatic rings. The fraction of sp³-hybridized carbons (Fsp3) is 0.333. The van der Waals surface area contributed by atoms with E-state index in [9.17, 15) is 14.7 Å². The summed E-state index contributed by atoms with van der Waals surface area (Å²) in [5.74, 6) is -1.30. The van der Waals surface area contributed by atoms with E-state index in [2.05, 4.69) is 23.7 Å². The number of benzene rings is 1. The minimum atomic E-state index is -0.625. The number of Topliss-reactive ketones (excluding diaryl/α,β-unsaturated/α-hetero) is 1. The van der Waals surface area contributed by atoms with Gasteiger partial charge in [0.15, 0.2) is 0 Å². The number of carbonyl (C=O) groups is 2. The van der Waals surface area contributed by atoms with Gasteiger partial charge in [0.1, 0.15) is 5.76 Å². The first-order valence-corrected chi connectivity index (χ1v) is 11.5. The highest BCUT2D eigenvalue weighted by Crippen LogP contribution is 2.43. The maximum Gasteiger partial charge on any atom is 0.295 e. The summed E-state index contributed by atoms with van der Waals surface area (Å²) in [6, 6.07) is 9.00. The van der Waals surface area contributed by atoms with Crippen molar-refractivity contribution in [3.05, 3.63) is 63.5 Å². The maximum absolute atomic E-state index is 13.2. The Bertz CT molecular complexity index is 1160. The molecule has 3 heterocycles. The van der Waals surface area contributed by atoms with Gasteiger partial charge in [-0.15, -0.1) is 11.3 Å². The molecule has 1 aliphatic rings. The summed E-state index contributed by atoms with van der Waals surface area (Å²) in [4.78, 5) is 34.1. The van der Waals surface area contributed by atoms with Gasteiger partial charge in [-0.25, -0.2) is 0 Å². The smallest absolute Gasteiger partial charge is 0.295 e. The second-order valence-corrected chi connectivity index (χ2v) is 8.68. The average Bonchev–Trinajstić information content (AvgIpc) is 3.46. The van der Waals surface area contributed by atoms with E-state index in [0.29, 0.717) is 18.7 Å². The molecule has 0 spiro atoms. The number of H-pyrrole nitrogens is 1. The molecule has 4 rings (SSSR count). The number of thiophene rings is 1. The van der Waals surface area contributed by atoms with Gasteiger partial charge in [-0.3, -0.25) is 9.59 Å². The predicted octanol–water partition coefficient (Wildman–Crippen LogP) is 4.30. The minimum Gasteiger partial charge on any atom is -0.507 e. The van der Waals surface area contributed by atoms with Crippen molar-refractivity contribution in [2.45, 2.75) is 26.8 Å². The Morgan fingerprint density at radius 3 is 2.61 bits per heavy atom. The van der Waals surface area contributed by atoms with Crippen LogP contribution in [0.15, 0.2) is 47.5 Å². The summed E-state index contributed by atoms with van der Waals surface area (Å²) in [5.41, 5.74) is 2.58. The van der Waals surface area contributed by atoms with Crippen LogP contribution in [0.5, 0.6) is 0 Å². The molecular weight excluding hydrogens is 410 g/mol. The Hall–Kier alpha value is -2.90. The molecule has 1 amide bonds. The fourth-order valence-electron chi connectivity index (χ4n) is 4.25. The zero-order valence-electron chi connectivity index (χ0n) is 18.0. The first-order valence-electron chi connectivity index (χ1n) is 10.6. The first kappa shape index (κ1) is 21.3. The van der Waals surface area contributed by atoms with Crippen molar-refractivity contribution in [3.63, 3.8) is 0 Å². The molecular formula is C24H27N3O3S. The van der Waals surface area contributed by atoms with Gasteiger partial charge >= 0.3 is 0 Å². The van der Waals surface area contributed by atoms with Crippen LogP contribution in [0.2, 0.25) is 0 Å². The van der Waals surface area contributed by atoms with Crippen molar-refractivity contribution in [1.82, 2.24) is 14.8 Å². The lowest BCUT2D eigenvalue weighted by Crippen LogP contribution is -2.37. The molecule has 162 valence electrons. The van der Waals surface area contributed by atoms with Crippen LogP contribution in [-0.2, 0) is 9.59 Å². The standard InChI is InChI=1S/C24H27N3O3S/c1-4-26(5-2)11-12-27-20(23-15(3)10-13-31-23)19(22(29)24(27)30)21(28)17-14-25-18-9-7-6-8-16(17)18/h6-10,13-14,20,25,28H,4-5,11-12H2,1-3H3/b21-19+. The number of aryl methyl sites for hydroxylation is 1. The molecule has 0 aliphatic carbocycles. The summed E-state index contributed by atoms with van der Waals surface area (Å²) in [6.45, 7) is 8.98. The van der Waals surface area contributed by atoms with E-state index in [1.165, 1.54) is 11.3 Å². The second-order valence-electron chi connectivity index (χ2n) is 7.74. The van der Waals surface area contributed by atoms with Crippen molar-refractivity contribution in [1.29, 1.82) is 0 Å². The third-order valence-corrected chi connectivity index (χ3v) is 7.16. The van der Waals surface area contributed by atoms with Crippen LogP contribution in [0.25, 0.3) is 16.7 Å². The molecule has 1 fully saturated rings. The average molecular weight is 438 g/mol. The summed E-state index contributed by atoms with van der Waals surface area (Å²) in [6.07, 6.45) is 1.70. The van der Waals surface area contributed by atoms with Gasteiger partial charge in [0.05, 0.1) is 11.6 Å². The largest absolute Gasteiger partial charge is 0.507 e. The Labute approximate surface area is 185 Å². The van der Waals surface area contributed by atoms with E-state index in [1.807, 2.05) is 42.6 Å². The van der Waals surface area contributed by atoms with Crippen LogP contribution in [0.3, 0.4) is 0 Å². The maximum atomic E-state index is 13.2. The van der Waals surface area contributed by atoms with Gasteiger partial charge in [0, 0.05) is 40.6 Å². The summed E-state index contributed by atoms with van der Waals surface area (Å²) in [5, 5.41) is 14.1. The molecule has 0 bridgehead atoms. The lowest BCUT2D eigenvalue weighted by atomic mass is 9.98. The number of aliphatic hydroxyl groups excluding tert-OH is 1. The zero-order chi connectivity index (χ0) is 22.1. The van der Waals surface area contributed by atoms with E-state index in [1.54, 1.807) is 11.1 Å². The highest BCUT2D eigenvalue weighted by Gasteiger charge is 2.47. The number of rotatable bonds is 7. The Morgan fingerprint density at radius 2 is 1.94 bits per heavy atom. The van der Waals surface area contributed by atoms with E-state index >= 15 is 0 Å². The number of carbonyl (C=O) groups excluding carboxylic acids is 2. The molecule has 1 saturated heterocycles. The van der Waals surface area contributed by atoms with Crippen molar-refractivity contribution >= 4 is 39.7 Å². The van der Waals surface area contributed by atoms with Gasteiger partial charge in [0.25, 0.3) is 11.7 Å². The minimum absolute atomic E-state index is 0.126. The number of hydrogen-bond acceptors (Lipinski definition) is 5. The van der Waals surface area contributed by atoms with E-state index in [4.69, 9.17) is 0 Å². The highest BCUT2D eigenvalue weighted by molar-refractivity contribution is 7.10. The van der Waals surface area contributed by atoms with Crippen molar-refractivity contribution < 1.29 is 14.7 Å². The van der Waals surface area contributed by atoms with Crippen molar-refractivity contribution in [3.8, 4) is 0 Å². The molecule has 7 heteroatoms. The third kappa shape index (κ3) is 3.68. The lowest BCUT2D eigenvalue weighted by molar-refractivity contribution is -0.140. The number of fused-ring (bicyclic) bond motifs is 1. The quantitative estimate of drug-likeness (QED) is 0.328. The van der Waals surface area contributed by atoms with Crippen LogP contribution in [0, 0.1) is 6.92 Å². The number of nitrogens with one attached hydrogen (secondary N) is 1. The molecule has 2 aromatic heterocycles. The molecule has 1 aliphatic heterocycles. The van der Waals surface area contributed by atoms with Gasteiger partial charge in [-0.2, -0.15) is 0 Å². The summed E-state index contributed by atoms with van der Waals surface area (Å²) >= 11 is 1.51. The van der Waals surface area contributed by atoms with Crippen LogP contribution < -0.4 is 0 Å². The summed E-state index contributed by atoms with van der Waals surface area (Å²) < 4.78 is 0. The van der Waals surface area contributed by atoms with Crippen LogP contribution in [0.1, 0.15) is 35.9 Å². The lowest BCUT2D eigenvalue weighted by Gasteiger charge is -2.27. The molecule has 0 radical (unpaired) electrons. The van der Waals surface area contributed by atoms with Crippen LogP contribution in [0.4, 0.5) is 0 Å². The molecule has 1 atom stereocenters. The number of amides is 1. The number of aromatic amines is 1. The number of aromatic nitrogens is 1. The number of likely N-dealkylation sites (N-methyl/N-ethyl adjacent to an activating group) is 1. The first-order chi connectivity index (χ1) is 15.0. The Balaban J connectivity index is 1.83. The van der Waals surface area contributed by atoms with Crippen LogP contribution in [-0.4, -0.2) is 57.8 Å². The number of hydrogen-bond donors (Lipinski definition) is 2. The topological polar surface area (TPSA) is 76.6 Å². The van der Waals surface area contributed by atoms with Gasteiger partial charge in [-0.1, -0.05) is 32.0 Å². The highest BCUT2D eigenvalue weighted by atomic mass is 32.1. The number of para-hydroxylation sites is 1. The zero-order valence-corrected chi connectivity index (χ0v) is 18.8. The molecule has 2 N–H and O–H groups in total. The molecule has 31 heavy (non-hydrogen) atoms. The molecule has 1 unspecified atom stereocenters. The molecule has 1 aromatic carbocycles. The van der Waals surface area contributed by atoms with Gasteiger partial charge in [0.2, 0.25) is 0 Å². The molecule has 6 nitrogen and oxygen atoms in total. The van der Waals surface area contributed by atoms with Gasteiger partial charge < -0.3 is 19.9 Å². The normalized spacial score (nSPS) is 18.6. The third-order valence-electron chi connectivity index (χ3n) is 6.09. The Morgan fingerprint density at radius 1 is 1.19 bits per heavy atom. The van der Waals surface area contributed by atoms with Gasteiger partial charge in [-0.05, 0) is 43.1 Å². The van der Waals surface area contributed by atoms with E-state index in [0.717, 1.165) is 34.4 Å². The molecule has 0 saturated carbocycles. The van der Waals surface area contributed by atoms with Crippen molar-refractivity contribution in [2.24, 2.45) is 0 Å². The number of nitrogens with zero attached hydrogens (tertiary/aromatic N) is 2. The number of likely N-dealkylation sites (tertiary alicyclic amines) is 1. The number of aliphatic hydroxyl groups is 1. The SMILES string of the molecule is CCN(CC)CCN1C(=O)C(=O)/C(=C(/O)c2c[nH]c3ccccc23)C1c1sccc1C. The monoisotopic (exact) mass is 437 g/mol. The van der Waals surface area contributed by atoms with E-state index in [-0.39, 0.29) is 11.3 Å². The summed E-state index contributed by atoms with van der Waals surface area (Å²) in [7, 11) is 0. The van der Waals surface area contributed by atoms with Crippen LogP contribution >= 0.6 is 11.3 Å². The second kappa shape index (κ2) is 8.69. The fourth-order valence-corrected chi connectivity index (χ4v) is 5.30.